The summed E-state index contributed by atoms with van der Waals surface area (Å²) in [6.07, 6.45) is 0.834. The lowest BCUT2D eigenvalue weighted by Crippen LogP contribution is -2.40. The Morgan fingerprint density at radius 3 is 2.12 bits per heavy atom. The maximum atomic E-state index is 13.5. The van der Waals surface area contributed by atoms with Gasteiger partial charge in [0.25, 0.3) is 11.8 Å². The number of carbonyl (C=O) groups is 2. The van der Waals surface area contributed by atoms with Crippen LogP contribution in [0.4, 0.5) is 11.4 Å². The fourth-order valence-electron chi connectivity index (χ4n) is 4.40. The van der Waals surface area contributed by atoms with Gasteiger partial charge in [-0.3, -0.25) is 9.59 Å². The van der Waals surface area contributed by atoms with Crippen LogP contribution in [0, 0.1) is 0 Å². The second kappa shape index (κ2) is 9.00. The van der Waals surface area contributed by atoms with Crippen molar-refractivity contribution < 1.29 is 14.3 Å². The van der Waals surface area contributed by atoms with E-state index in [1.54, 1.807) is 19.2 Å². The maximum Gasteiger partial charge on any atom is 0.265 e. The van der Waals surface area contributed by atoms with Gasteiger partial charge in [-0.2, -0.15) is 0 Å². The predicted octanol–water partition coefficient (Wildman–Crippen LogP) is 5.08. The summed E-state index contributed by atoms with van der Waals surface area (Å²) in [5.41, 5.74) is 10.1. The Bertz CT molecular complexity index is 1360. The van der Waals surface area contributed by atoms with Crippen LogP contribution in [0.3, 0.4) is 0 Å². The van der Waals surface area contributed by atoms with E-state index in [0.29, 0.717) is 28.7 Å². The van der Waals surface area contributed by atoms with Gasteiger partial charge in [-0.25, -0.2) is 4.90 Å². The number of nitrogens with two attached hydrogens (primary N) is 1. The van der Waals surface area contributed by atoms with Crippen LogP contribution in [0.25, 0.3) is 21.9 Å². The molecular weight excluding hydrogens is 426 g/mol. The molecule has 34 heavy (non-hydrogen) atoms. The summed E-state index contributed by atoms with van der Waals surface area (Å²) in [6.45, 7) is 1.32. The normalized spacial score (nSPS) is 12.8. The molecule has 4 aromatic carbocycles. The van der Waals surface area contributed by atoms with Crippen molar-refractivity contribution in [2.45, 2.75) is 6.42 Å². The number of imide groups is 1. The van der Waals surface area contributed by atoms with E-state index < -0.39 is 0 Å². The van der Waals surface area contributed by atoms with Gasteiger partial charge in [0.1, 0.15) is 5.75 Å². The van der Waals surface area contributed by atoms with Crippen molar-refractivity contribution in [1.29, 1.82) is 0 Å². The first kappa shape index (κ1) is 21.7. The smallest absolute Gasteiger partial charge is 0.265 e. The van der Waals surface area contributed by atoms with E-state index in [2.05, 4.69) is 5.32 Å². The Morgan fingerprint density at radius 1 is 0.824 bits per heavy atom. The van der Waals surface area contributed by atoms with Gasteiger partial charge in [-0.15, -0.1) is 0 Å². The fourth-order valence-corrected chi connectivity index (χ4v) is 4.40. The Hall–Kier alpha value is -4.16. The topological polar surface area (TPSA) is 84.7 Å². The molecule has 0 spiro atoms. The molecule has 0 bridgehead atoms. The highest BCUT2D eigenvalue weighted by Crippen LogP contribution is 2.36. The van der Waals surface area contributed by atoms with Gasteiger partial charge in [0.05, 0.1) is 12.8 Å². The van der Waals surface area contributed by atoms with Crippen molar-refractivity contribution >= 4 is 34.0 Å². The fraction of sp³-hybridized carbons (Fsp3) is 0.143. The summed E-state index contributed by atoms with van der Waals surface area (Å²) >= 11 is 0. The van der Waals surface area contributed by atoms with E-state index in [-0.39, 0.29) is 11.8 Å². The quantitative estimate of drug-likeness (QED) is 0.302. The number of benzene rings is 4. The third kappa shape index (κ3) is 3.68. The Labute approximate surface area is 197 Å². The molecule has 5 rings (SSSR count). The summed E-state index contributed by atoms with van der Waals surface area (Å²) in [4.78, 5) is 28.2. The van der Waals surface area contributed by atoms with Crippen LogP contribution < -0.4 is 20.7 Å². The number of carbonyl (C=O) groups excluding carboxylic acids is 2. The maximum absolute atomic E-state index is 13.5. The molecule has 2 amide bonds. The number of anilines is 2. The van der Waals surface area contributed by atoms with Gasteiger partial charge >= 0.3 is 0 Å². The van der Waals surface area contributed by atoms with E-state index in [1.165, 1.54) is 4.90 Å². The Kier molecular flexibility index (Phi) is 5.74. The van der Waals surface area contributed by atoms with Crippen LogP contribution in [0.2, 0.25) is 0 Å². The molecule has 0 atom stereocenters. The first-order valence-electron chi connectivity index (χ1n) is 11.3. The Morgan fingerprint density at radius 2 is 1.47 bits per heavy atom. The zero-order valence-electron chi connectivity index (χ0n) is 18.9. The molecule has 0 saturated heterocycles. The molecule has 3 N–H and O–H groups in total. The highest BCUT2D eigenvalue weighted by atomic mass is 16.5. The zero-order chi connectivity index (χ0) is 23.7. The molecule has 1 aliphatic heterocycles. The summed E-state index contributed by atoms with van der Waals surface area (Å²) in [5, 5.41) is 4.93. The predicted molar refractivity (Wildman–Crippen MR) is 136 cm³/mol. The van der Waals surface area contributed by atoms with Crippen LogP contribution in [-0.4, -0.2) is 32.0 Å². The molecular formula is C28H25N3O3. The molecule has 6 nitrogen and oxygen atoms in total. The SMILES string of the molecule is COc1ccc(-c2ccc(N3C(=O)c4cccc5c(NCCCN)ccc(c45)C3=O)cc2)cc1. The minimum atomic E-state index is -0.320. The molecule has 0 saturated carbocycles. The number of hydrogen-bond donors (Lipinski definition) is 2. The van der Waals surface area contributed by atoms with Crippen LogP contribution in [0.15, 0.2) is 78.9 Å². The van der Waals surface area contributed by atoms with Crippen LogP contribution in [0.1, 0.15) is 27.1 Å². The lowest BCUT2D eigenvalue weighted by molar-refractivity contribution is 0.0893. The molecule has 0 aliphatic carbocycles. The number of hydrogen-bond acceptors (Lipinski definition) is 5. The van der Waals surface area contributed by atoms with E-state index >= 15 is 0 Å². The summed E-state index contributed by atoms with van der Waals surface area (Å²) in [6, 6.07) is 24.5. The largest absolute Gasteiger partial charge is 0.497 e. The van der Waals surface area contributed by atoms with Crippen molar-refractivity contribution in [2.24, 2.45) is 5.73 Å². The van der Waals surface area contributed by atoms with Crippen LogP contribution >= 0.6 is 0 Å². The second-order valence-corrected chi connectivity index (χ2v) is 8.18. The number of nitrogens with one attached hydrogen (secondary N) is 1. The number of methoxy groups -OCH3 is 1. The van der Waals surface area contributed by atoms with Gasteiger partial charge in [-0.05, 0) is 66.6 Å². The van der Waals surface area contributed by atoms with Gasteiger partial charge < -0.3 is 15.8 Å². The number of amides is 2. The monoisotopic (exact) mass is 451 g/mol. The highest BCUT2D eigenvalue weighted by molar-refractivity contribution is 6.36. The van der Waals surface area contributed by atoms with Crippen LogP contribution in [0.5, 0.6) is 5.75 Å². The van der Waals surface area contributed by atoms with E-state index in [1.807, 2.05) is 66.7 Å². The van der Waals surface area contributed by atoms with Gasteiger partial charge in [0.15, 0.2) is 0 Å². The molecule has 1 aliphatic rings. The standard InChI is InChI=1S/C28H25N3O3/c1-34-21-12-8-19(9-13-21)18-6-10-20(11-7-18)31-27(32)23-5-2-4-22-25(30-17-3-16-29)15-14-24(26(22)23)28(31)33/h2,4-15,30H,3,16-17,29H2,1H3. The van der Waals surface area contributed by atoms with Gasteiger partial charge in [0.2, 0.25) is 0 Å². The second-order valence-electron chi connectivity index (χ2n) is 8.18. The Balaban J connectivity index is 1.49. The van der Waals surface area contributed by atoms with Crippen molar-refractivity contribution in [2.75, 3.05) is 30.4 Å². The minimum absolute atomic E-state index is 0.320. The minimum Gasteiger partial charge on any atom is -0.497 e. The van der Waals surface area contributed by atoms with E-state index in [9.17, 15) is 9.59 Å². The van der Waals surface area contributed by atoms with Gasteiger partial charge in [-0.1, -0.05) is 36.4 Å². The average Bonchev–Trinajstić information content (AvgIpc) is 2.88. The lowest BCUT2D eigenvalue weighted by Gasteiger charge is -2.28. The number of ether oxygens (including phenoxy) is 1. The first-order valence-corrected chi connectivity index (χ1v) is 11.3. The summed E-state index contributed by atoms with van der Waals surface area (Å²) in [5.74, 6) is 0.147. The zero-order valence-corrected chi connectivity index (χ0v) is 18.9. The van der Waals surface area contributed by atoms with Crippen LogP contribution in [-0.2, 0) is 0 Å². The molecule has 0 unspecified atom stereocenters. The van der Waals surface area contributed by atoms with Crippen molar-refractivity contribution in [1.82, 2.24) is 0 Å². The summed E-state index contributed by atoms with van der Waals surface area (Å²) < 4.78 is 5.22. The lowest BCUT2D eigenvalue weighted by atomic mass is 9.92. The van der Waals surface area contributed by atoms with E-state index in [4.69, 9.17) is 10.5 Å². The van der Waals surface area contributed by atoms with Gasteiger partial charge in [0, 0.05) is 34.1 Å². The molecule has 0 fully saturated rings. The molecule has 170 valence electrons. The first-order chi connectivity index (χ1) is 16.6. The van der Waals surface area contributed by atoms with Crippen molar-refractivity contribution in [3.8, 4) is 16.9 Å². The van der Waals surface area contributed by atoms with Crippen molar-refractivity contribution in [3.05, 3.63) is 90.0 Å². The third-order valence-corrected chi connectivity index (χ3v) is 6.15. The third-order valence-electron chi connectivity index (χ3n) is 6.15. The molecule has 0 radical (unpaired) electrons. The molecule has 6 heteroatoms. The number of rotatable bonds is 7. The average molecular weight is 452 g/mol. The highest BCUT2D eigenvalue weighted by Gasteiger charge is 2.34. The van der Waals surface area contributed by atoms with Crippen molar-refractivity contribution in [3.63, 3.8) is 0 Å². The number of nitrogens with zero attached hydrogens (tertiary/aromatic N) is 1. The molecule has 1 heterocycles. The molecule has 4 aromatic rings. The molecule has 0 aromatic heterocycles. The summed E-state index contributed by atoms with van der Waals surface area (Å²) in [7, 11) is 1.63. The van der Waals surface area contributed by atoms with E-state index in [0.717, 1.165) is 40.9 Å².